The van der Waals surface area contributed by atoms with E-state index in [1.54, 1.807) is 11.9 Å². The second-order valence-corrected chi connectivity index (χ2v) is 7.00. The van der Waals surface area contributed by atoms with Crippen molar-refractivity contribution in [1.82, 2.24) is 10.2 Å². The van der Waals surface area contributed by atoms with Gasteiger partial charge < -0.3 is 16.0 Å². The number of unbranched alkanes of at least 4 members (excludes halogenated alkanes) is 6. The topological polar surface area (TPSA) is 75.4 Å². The van der Waals surface area contributed by atoms with Crippen LogP contribution in [0.2, 0.25) is 0 Å². The summed E-state index contributed by atoms with van der Waals surface area (Å²) >= 11 is 0. The average Bonchev–Trinajstić information content (AvgIpc) is 2.54. The van der Waals surface area contributed by atoms with Gasteiger partial charge in [-0.1, -0.05) is 52.9 Å². The average molecular weight is 342 g/mol. The summed E-state index contributed by atoms with van der Waals surface area (Å²) in [4.78, 5) is 26.5. The molecule has 0 fully saturated rings. The van der Waals surface area contributed by atoms with Crippen molar-refractivity contribution in [2.24, 2.45) is 11.7 Å². The third-order valence-electron chi connectivity index (χ3n) is 4.39. The van der Waals surface area contributed by atoms with E-state index in [9.17, 15) is 9.59 Å². The van der Waals surface area contributed by atoms with Crippen LogP contribution in [-0.4, -0.2) is 42.9 Å². The molecule has 0 aliphatic rings. The number of hydrogen-bond donors (Lipinski definition) is 2. The highest BCUT2D eigenvalue weighted by molar-refractivity contribution is 5.87. The van der Waals surface area contributed by atoms with E-state index in [4.69, 9.17) is 5.73 Å². The molecule has 0 rings (SSSR count). The first kappa shape index (κ1) is 22.9. The fraction of sp³-hybridized carbons (Fsp3) is 0.895. The van der Waals surface area contributed by atoms with Crippen molar-refractivity contribution in [3.05, 3.63) is 0 Å². The number of nitrogens with one attached hydrogen (secondary N) is 1. The van der Waals surface area contributed by atoms with Gasteiger partial charge in [-0.3, -0.25) is 9.59 Å². The van der Waals surface area contributed by atoms with Gasteiger partial charge in [0, 0.05) is 20.0 Å². The van der Waals surface area contributed by atoms with Crippen LogP contribution in [0.5, 0.6) is 0 Å². The molecule has 0 saturated carbocycles. The van der Waals surface area contributed by atoms with Gasteiger partial charge in [0.15, 0.2) is 0 Å². The minimum absolute atomic E-state index is 0.0421. The predicted molar refractivity (Wildman–Crippen MR) is 101 cm³/mol. The van der Waals surface area contributed by atoms with Gasteiger partial charge in [0.2, 0.25) is 11.8 Å². The minimum Gasteiger partial charge on any atom is -0.354 e. The second kappa shape index (κ2) is 14.3. The Morgan fingerprint density at radius 2 is 1.62 bits per heavy atom. The highest BCUT2D eigenvalue weighted by atomic mass is 16.2. The van der Waals surface area contributed by atoms with Gasteiger partial charge in [0.25, 0.3) is 0 Å². The Morgan fingerprint density at radius 1 is 1.00 bits per heavy atom. The van der Waals surface area contributed by atoms with Crippen LogP contribution in [0.15, 0.2) is 0 Å². The Labute approximate surface area is 148 Å². The second-order valence-electron chi connectivity index (χ2n) is 7.00. The van der Waals surface area contributed by atoms with Gasteiger partial charge in [-0.2, -0.15) is 0 Å². The summed E-state index contributed by atoms with van der Waals surface area (Å²) in [5.74, 6) is 0.131. The van der Waals surface area contributed by atoms with Crippen LogP contribution < -0.4 is 11.1 Å². The zero-order valence-corrected chi connectivity index (χ0v) is 16.3. The van der Waals surface area contributed by atoms with Gasteiger partial charge in [0.1, 0.15) is 6.04 Å². The third-order valence-corrected chi connectivity index (χ3v) is 4.39. The van der Waals surface area contributed by atoms with Crippen LogP contribution in [0.3, 0.4) is 0 Å². The minimum atomic E-state index is -0.386. The van der Waals surface area contributed by atoms with Crippen LogP contribution in [0.4, 0.5) is 0 Å². The smallest absolute Gasteiger partial charge is 0.243 e. The molecule has 0 aliphatic carbocycles. The van der Waals surface area contributed by atoms with Crippen molar-refractivity contribution < 1.29 is 9.59 Å². The molecule has 2 amide bonds. The summed E-state index contributed by atoms with van der Waals surface area (Å²) in [7, 11) is 1.76. The zero-order valence-electron chi connectivity index (χ0n) is 16.3. The highest BCUT2D eigenvalue weighted by Crippen LogP contribution is 2.13. The van der Waals surface area contributed by atoms with E-state index in [-0.39, 0.29) is 23.8 Å². The maximum Gasteiger partial charge on any atom is 0.243 e. The number of nitrogens with zero attached hydrogens (tertiary/aromatic N) is 1. The lowest BCUT2D eigenvalue weighted by atomic mass is 10.0. The largest absolute Gasteiger partial charge is 0.354 e. The molecule has 0 aromatic carbocycles. The predicted octanol–water partition coefficient (Wildman–Crippen LogP) is 3.08. The highest BCUT2D eigenvalue weighted by Gasteiger charge is 2.29. The number of carbonyl (C=O) groups excluding carboxylic acids is 2. The SMILES string of the molecule is CCCCCCCC(=O)N(C)C(C(=O)NCCCCCN)C(C)C. The van der Waals surface area contributed by atoms with Crippen molar-refractivity contribution in [2.45, 2.75) is 84.6 Å². The van der Waals surface area contributed by atoms with E-state index in [1.165, 1.54) is 19.3 Å². The summed E-state index contributed by atoms with van der Waals surface area (Å²) in [6.45, 7) is 7.51. The van der Waals surface area contributed by atoms with Crippen molar-refractivity contribution in [2.75, 3.05) is 20.1 Å². The van der Waals surface area contributed by atoms with E-state index in [1.807, 2.05) is 13.8 Å². The molecule has 24 heavy (non-hydrogen) atoms. The van der Waals surface area contributed by atoms with Crippen LogP contribution in [0.1, 0.15) is 78.6 Å². The Kier molecular flexibility index (Phi) is 13.6. The number of nitrogens with two attached hydrogens (primary N) is 1. The molecular formula is C19H39N3O2. The number of amides is 2. The summed E-state index contributed by atoms with van der Waals surface area (Å²) < 4.78 is 0. The molecule has 0 aliphatic heterocycles. The number of likely N-dealkylation sites (N-methyl/N-ethyl adjacent to an activating group) is 1. The molecule has 1 atom stereocenters. The Balaban J connectivity index is 4.30. The van der Waals surface area contributed by atoms with E-state index >= 15 is 0 Å². The van der Waals surface area contributed by atoms with Gasteiger partial charge >= 0.3 is 0 Å². The Bertz CT molecular complexity index is 346. The summed E-state index contributed by atoms with van der Waals surface area (Å²) in [6.07, 6.45) is 9.09. The summed E-state index contributed by atoms with van der Waals surface area (Å²) in [5.41, 5.74) is 5.47. The number of rotatable bonds is 14. The molecule has 0 saturated heterocycles. The normalized spacial score (nSPS) is 12.2. The summed E-state index contributed by atoms with van der Waals surface area (Å²) in [6, 6.07) is -0.386. The maximum atomic E-state index is 12.4. The lowest BCUT2D eigenvalue weighted by molar-refractivity contribution is -0.140. The zero-order chi connectivity index (χ0) is 18.4. The van der Waals surface area contributed by atoms with Gasteiger partial charge in [-0.15, -0.1) is 0 Å². The van der Waals surface area contributed by atoms with E-state index in [0.717, 1.165) is 32.1 Å². The number of hydrogen-bond acceptors (Lipinski definition) is 3. The van der Waals surface area contributed by atoms with Gasteiger partial charge in [0.05, 0.1) is 0 Å². The van der Waals surface area contributed by atoms with E-state index in [0.29, 0.717) is 19.5 Å². The molecule has 0 bridgehead atoms. The molecule has 5 nitrogen and oxygen atoms in total. The molecular weight excluding hydrogens is 302 g/mol. The molecule has 142 valence electrons. The molecule has 0 spiro atoms. The fourth-order valence-corrected chi connectivity index (χ4v) is 2.90. The lowest BCUT2D eigenvalue weighted by Gasteiger charge is -2.30. The standard InChI is InChI=1S/C19H39N3O2/c1-5-6-7-8-10-13-17(23)22(4)18(16(2)3)19(24)21-15-12-9-11-14-20/h16,18H,5-15,20H2,1-4H3,(H,21,24). The first-order chi connectivity index (χ1) is 11.5. The van der Waals surface area contributed by atoms with Crippen molar-refractivity contribution in [1.29, 1.82) is 0 Å². The molecule has 1 unspecified atom stereocenters. The molecule has 0 aromatic rings. The monoisotopic (exact) mass is 341 g/mol. The van der Waals surface area contributed by atoms with Crippen LogP contribution in [0, 0.1) is 5.92 Å². The van der Waals surface area contributed by atoms with E-state index in [2.05, 4.69) is 12.2 Å². The van der Waals surface area contributed by atoms with Crippen molar-refractivity contribution in [3.8, 4) is 0 Å². The molecule has 0 radical (unpaired) electrons. The number of carbonyl (C=O) groups is 2. The first-order valence-corrected chi connectivity index (χ1v) is 9.69. The Hall–Kier alpha value is -1.10. The molecule has 0 aromatic heterocycles. The molecule has 3 N–H and O–H groups in total. The molecule has 5 heteroatoms. The van der Waals surface area contributed by atoms with Crippen LogP contribution in [0.25, 0.3) is 0 Å². The quantitative estimate of drug-likeness (QED) is 0.477. The lowest BCUT2D eigenvalue weighted by Crippen LogP contribution is -2.50. The van der Waals surface area contributed by atoms with Crippen molar-refractivity contribution in [3.63, 3.8) is 0 Å². The molecule has 0 heterocycles. The van der Waals surface area contributed by atoms with Crippen LogP contribution >= 0.6 is 0 Å². The fourth-order valence-electron chi connectivity index (χ4n) is 2.90. The van der Waals surface area contributed by atoms with Crippen LogP contribution in [-0.2, 0) is 9.59 Å². The van der Waals surface area contributed by atoms with Gasteiger partial charge in [-0.25, -0.2) is 0 Å². The third kappa shape index (κ3) is 9.91. The van der Waals surface area contributed by atoms with E-state index < -0.39 is 0 Å². The van der Waals surface area contributed by atoms with Crippen molar-refractivity contribution >= 4 is 11.8 Å². The summed E-state index contributed by atoms with van der Waals surface area (Å²) in [5, 5.41) is 2.97. The maximum absolute atomic E-state index is 12.4. The Morgan fingerprint density at radius 3 is 2.21 bits per heavy atom. The van der Waals surface area contributed by atoms with Gasteiger partial charge in [-0.05, 0) is 31.7 Å². The first-order valence-electron chi connectivity index (χ1n) is 9.69.